The highest BCUT2D eigenvalue weighted by Gasteiger charge is 2.24. The highest BCUT2D eigenvalue weighted by atomic mass is 16.5. The highest BCUT2D eigenvalue weighted by molar-refractivity contribution is 5.70. The van der Waals surface area contributed by atoms with Crippen LogP contribution in [0.15, 0.2) is 54.7 Å². The van der Waals surface area contributed by atoms with Gasteiger partial charge in [-0.2, -0.15) is 5.10 Å². The molecule has 0 spiro atoms. The fourth-order valence-electron chi connectivity index (χ4n) is 3.50. The van der Waals surface area contributed by atoms with E-state index in [9.17, 15) is 5.11 Å². The zero-order chi connectivity index (χ0) is 22.3. The molecule has 1 unspecified atom stereocenters. The summed E-state index contributed by atoms with van der Waals surface area (Å²) in [6.07, 6.45) is 8.40. The number of ether oxygens (including phenoxy) is 1. The summed E-state index contributed by atoms with van der Waals surface area (Å²) in [5, 5.41) is 18.1. The van der Waals surface area contributed by atoms with Gasteiger partial charge in [0.25, 0.3) is 0 Å². The molecule has 0 saturated carbocycles. The van der Waals surface area contributed by atoms with Crippen LogP contribution < -0.4 is 16.8 Å². The van der Waals surface area contributed by atoms with Gasteiger partial charge in [0.15, 0.2) is 5.88 Å². The molecule has 1 heterocycles. The Hall–Kier alpha value is -2.93. The maximum absolute atomic E-state index is 10.4. The Morgan fingerprint density at radius 2 is 2.03 bits per heavy atom. The lowest BCUT2D eigenvalue weighted by atomic mass is 9.94. The number of aromatic hydroxyl groups is 1. The van der Waals surface area contributed by atoms with Crippen molar-refractivity contribution in [1.29, 1.82) is 0 Å². The molecule has 1 aromatic heterocycles. The van der Waals surface area contributed by atoms with E-state index in [2.05, 4.69) is 45.0 Å². The summed E-state index contributed by atoms with van der Waals surface area (Å²) in [4.78, 5) is 0. The van der Waals surface area contributed by atoms with E-state index in [1.165, 1.54) is 0 Å². The molecule has 0 aliphatic rings. The van der Waals surface area contributed by atoms with Crippen molar-refractivity contribution in [3.63, 3.8) is 0 Å². The molecule has 6 N–H and O–H groups in total. The van der Waals surface area contributed by atoms with Gasteiger partial charge in [-0.3, -0.25) is 0 Å². The van der Waals surface area contributed by atoms with Crippen LogP contribution in [0, 0.1) is 0 Å². The standard InChI is InChI=1S/C23H35N5O2/c1-6-18(15-23(4,5)27-16(2)3)30-22(25)11-10-20(24)19-9-8-17(14-21(19)29)28-13-7-12-26-28/h7-14,16,18,27,29H,6,15,24-25H2,1-5H3/b20-10-,22-11+. The number of aromatic nitrogens is 2. The van der Waals surface area contributed by atoms with Gasteiger partial charge in [0, 0.05) is 47.7 Å². The molecule has 7 heteroatoms. The molecule has 0 bridgehead atoms. The third-order valence-corrected chi connectivity index (χ3v) is 4.66. The van der Waals surface area contributed by atoms with Gasteiger partial charge < -0.3 is 26.6 Å². The molecule has 0 amide bonds. The van der Waals surface area contributed by atoms with Crippen LogP contribution >= 0.6 is 0 Å². The van der Waals surface area contributed by atoms with E-state index >= 15 is 0 Å². The predicted octanol–water partition coefficient (Wildman–Crippen LogP) is 3.64. The lowest BCUT2D eigenvalue weighted by Crippen LogP contribution is -2.46. The minimum Gasteiger partial charge on any atom is -0.507 e. The number of rotatable bonds is 10. The summed E-state index contributed by atoms with van der Waals surface area (Å²) in [7, 11) is 0. The number of benzene rings is 1. The maximum Gasteiger partial charge on any atom is 0.184 e. The monoisotopic (exact) mass is 413 g/mol. The van der Waals surface area contributed by atoms with Crippen molar-refractivity contribution in [1.82, 2.24) is 15.1 Å². The topological polar surface area (TPSA) is 111 Å². The summed E-state index contributed by atoms with van der Waals surface area (Å²) in [5.74, 6) is 0.357. The third kappa shape index (κ3) is 6.84. The van der Waals surface area contributed by atoms with Crippen molar-refractivity contribution < 1.29 is 9.84 Å². The molecule has 30 heavy (non-hydrogen) atoms. The van der Waals surface area contributed by atoms with Gasteiger partial charge in [0.05, 0.1) is 5.69 Å². The average molecular weight is 414 g/mol. The van der Waals surface area contributed by atoms with Crippen LogP contribution in [0.1, 0.15) is 53.0 Å². The van der Waals surface area contributed by atoms with Crippen molar-refractivity contribution in [2.75, 3.05) is 0 Å². The summed E-state index contributed by atoms with van der Waals surface area (Å²) < 4.78 is 7.59. The minimum absolute atomic E-state index is 0.0149. The Morgan fingerprint density at radius 3 is 2.60 bits per heavy atom. The molecule has 1 atom stereocenters. The molecule has 0 aliphatic heterocycles. The van der Waals surface area contributed by atoms with Gasteiger partial charge in [0.1, 0.15) is 11.9 Å². The lowest BCUT2D eigenvalue weighted by molar-refractivity contribution is 0.0771. The summed E-state index contributed by atoms with van der Waals surface area (Å²) >= 11 is 0. The number of nitrogens with two attached hydrogens (primary N) is 2. The van der Waals surface area contributed by atoms with Crippen LogP contribution in [-0.4, -0.2) is 32.6 Å². The SMILES string of the molecule is CCC(CC(C)(C)NC(C)C)O/C(N)=C/C=C(\N)c1ccc(-n2cccn2)cc1O. The van der Waals surface area contributed by atoms with Gasteiger partial charge in [-0.05, 0) is 50.6 Å². The predicted molar refractivity (Wildman–Crippen MR) is 122 cm³/mol. The quantitative estimate of drug-likeness (QED) is 0.349. The molecule has 1 aromatic carbocycles. The molecular formula is C23H35N5O2. The van der Waals surface area contributed by atoms with Crippen LogP contribution in [0.4, 0.5) is 0 Å². The average Bonchev–Trinajstić information content (AvgIpc) is 3.19. The molecule has 0 fully saturated rings. The minimum atomic E-state index is -0.0634. The number of allylic oxidation sites excluding steroid dienone is 2. The van der Waals surface area contributed by atoms with Gasteiger partial charge >= 0.3 is 0 Å². The lowest BCUT2D eigenvalue weighted by Gasteiger charge is -2.32. The van der Waals surface area contributed by atoms with Crippen molar-refractivity contribution in [2.24, 2.45) is 11.5 Å². The van der Waals surface area contributed by atoms with Crippen LogP contribution in [-0.2, 0) is 4.74 Å². The van der Waals surface area contributed by atoms with Crippen LogP contribution in [0.2, 0.25) is 0 Å². The van der Waals surface area contributed by atoms with Gasteiger partial charge in [-0.1, -0.05) is 20.8 Å². The molecule has 164 valence electrons. The van der Waals surface area contributed by atoms with Crippen LogP contribution in [0.3, 0.4) is 0 Å². The Balaban J connectivity index is 2.06. The summed E-state index contributed by atoms with van der Waals surface area (Å²) in [6.45, 7) is 10.6. The molecule has 0 radical (unpaired) electrons. The number of nitrogens with one attached hydrogen (secondary N) is 1. The first-order valence-electron chi connectivity index (χ1n) is 10.3. The molecular weight excluding hydrogens is 378 g/mol. The van der Waals surface area contributed by atoms with Crippen molar-refractivity contribution in [2.45, 2.75) is 65.1 Å². The molecule has 0 saturated heterocycles. The van der Waals surface area contributed by atoms with Gasteiger partial charge in [0.2, 0.25) is 0 Å². The van der Waals surface area contributed by atoms with Gasteiger partial charge in [-0.25, -0.2) is 4.68 Å². The Bertz CT molecular complexity index is 870. The number of hydrogen-bond donors (Lipinski definition) is 4. The summed E-state index contributed by atoms with van der Waals surface area (Å²) in [5.41, 5.74) is 13.8. The van der Waals surface area contributed by atoms with E-state index < -0.39 is 0 Å². The number of phenols is 1. The van der Waals surface area contributed by atoms with Crippen molar-refractivity contribution in [3.8, 4) is 11.4 Å². The number of nitrogens with zero attached hydrogens (tertiary/aromatic N) is 2. The van der Waals surface area contributed by atoms with Crippen LogP contribution in [0.25, 0.3) is 11.4 Å². The zero-order valence-corrected chi connectivity index (χ0v) is 18.6. The summed E-state index contributed by atoms with van der Waals surface area (Å²) in [6, 6.07) is 7.40. The molecule has 2 aromatic rings. The Kier molecular flexibility index (Phi) is 7.94. The molecule has 7 nitrogen and oxygen atoms in total. The normalized spacial score (nSPS) is 14.2. The van der Waals surface area contributed by atoms with E-state index in [1.54, 1.807) is 41.4 Å². The zero-order valence-electron chi connectivity index (χ0n) is 18.6. The van der Waals surface area contributed by atoms with Crippen molar-refractivity contribution in [3.05, 3.63) is 60.3 Å². The fourth-order valence-corrected chi connectivity index (χ4v) is 3.50. The second-order valence-corrected chi connectivity index (χ2v) is 8.38. The van der Waals surface area contributed by atoms with Gasteiger partial charge in [-0.15, -0.1) is 0 Å². The third-order valence-electron chi connectivity index (χ3n) is 4.66. The largest absolute Gasteiger partial charge is 0.507 e. The van der Waals surface area contributed by atoms with E-state index in [0.29, 0.717) is 17.3 Å². The molecule has 0 aliphatic carbocycles. The second-order valence-electron chi connectivity index (χ2n) is 8.38. The van der Waals surface area contributed by atoms with E-state index in [1.807, 2.05) is 12.1 Å². The first kappa shape index (κ1) is 23.3. The van der Waals surface area contributed by atoms with E-state index in [-0.39, 0.29) is 23.3 Å². The highest BCUT2D eigenvalue weighted by Crippen LogP contribution is 2.25. The van der Waals surface area contributed by atoms with E-state index in [4.69, 9.17) is 16.2 Å². The number of phenolic OH excluding ortho intramolecular Hbond substituents is 1. The smallest absolute Gasteiger partial charge is 0.184 e. The Morgan fingerprint density at radius 1 is 1.30 bits per heavy atom. The first-order valence-corrected chi connectivity index (χ1v) is 10.3. The fraction of sp³-hybridized carbons (Fsp3) is 0.435. The van der Waals surface area contributed by atoms with Crippen molar-refractivity contribution >= 4 is 5.70 Å². The molecule has 2 rings (SSSR count). The maximum atomic E-state index is 10.4. The van der Waals surface area contributed by atoms with Crippen LogP contribution in [0.5, 0.6) is 5.75 Å². The second kappa shape index (κ2) is 10.2. The van der Waals surface area contributed by atoms with E-state index in [0.717, 1.165) is 18.5 Å². The Labute approximate surface area is 179 Å². The first-order chi connectivity index (χ1) is 14.1. The number of hydrogen-bond acceptors (Lipinski definition) is 6.